The Bertz CT molecular complexity index is 410. The summed E-state index contributed by atoms with van der Waals surface area (Å²) in [5, 5.41) is 0. The van der Waals surface area contributed by atoms with Crippen molar-refractivity contribution in [3.05, 3.63) is 29.3 Å². The average molecular weight is 250 g/mol. The molecule has 0 saturated carbocycles. The van der Waals surface area contributed by atoms with Gasteiger partial charge in [0.05, 0.1) is 6.61 Å². The van der Waals surface area contributed by atoms with Crippen LogP contribution in [0.15, 0.2) is 18.2 Å². The fraction of sp³-hybridized carbons (Fsp3) is 0.533. The molecule has 0 aliphatic carbocycles. The predicted molar refractivity (Wildman–Crippen MR) is 72.0 cm³/mol. The lowest BCUT2D eigenvalue weighted by atomic mass is 9.98. The normalized spacial score (nSPS) is 12.3. The number of ether oxygens (including phenoxy) is 2. The highest BCUT2D eigenvalue weighted by molar-refractivity contribution is 5.74. The first-order chi connectivity index (χ1) is 8.45. The van der Waals surface area contributed by atoms with Crippen molar-refractivity contribution < 1.29 is 14.3 Å². The lowest BCUT2D eigenvalue weighted by Crippen LogP contribution is -2.26. The maximum absolute atomic E-state index is 11.5. The summed E-state index contributed by atoms with van der Waals surface area (Å²) < 4.78 is 10.5. The van der Waals surface area contributed by atoms with Crippen LogP contribution >= 0.6 is 0 Å². The molecule has 0 aromatic heterocycles. The second-order valence-corrected chi connectivity index (χ2v) is 4.69. The summed E-state index contributed by atoms with van der Waals surface area (Å²) in [6, 6.07) is 5.91. The Labute approximate surface area is 109 Å². The summed E-state index contributed by atoms with van der Waals surface area (Å²) in [6.07, 6.45) is -0.575. The number of rotatable bonds is 5. The minimum absolute atomic E-state index is 0.330. The number of benzene rings is 1. The van der Waals surface area contributed by atoms with Crippen LogP contribution in [0.25, 0.3) is 0 Å². The molecule has 1 rings (SSSR count). The quantitative estimate of drug-likeness (QED) is 0.751. The van der Waals surface area contributed by atoms with E-state index in [1.54, 1.807) is 13.8 Å². The first-order valence-corrected chi connectivity index (χ1v) is 6.39. The molecule has 1 aromatic rings. The summed E-state index contributed by atoms with van der Waals surface area (Å²) in [7, 11) is 0. The van der Waals surface area contributed by atoms with Gasteiger partial charge in [-0.1, -0.05) is 19.9 Å². The molecule has 0 radical (unpaired) electrons. The lowest BCUT2D eigenvalue weighted by Gasteiger charge is -2.16. The number of hydrogen-bond donors (Lipinski definition) is 0. The monoisotopic (exact) mass is 250 g/mol. The van der Waals surface area contributed by atoms with E-state index in [0.717, 1.165) is 0 Å². The van der Waals surface area contributed by atoms with Gasteiger partial charge in [0.1, 0.15) is 5.75 Å². The zero-order chi connectivity index (χ0) is 13.7. The van der Waals surface area contributed by atoms with E-state index in [-0.39, 0.29) is 5.97 Å². The molecule has 1 atom stereocenters. The molecule has 3 nitrogen and oxygen atoms in total. The molecule has 0 amide bonds. The average Bonchev–Trinajstić information content (AvgIpc) is 2.28. The Hall–Kier alpha value is -1.51. The molecule has 0 fully saturated rings. The number of esters is 1. The van der Waals surface area contributed by atoms with Crippen LogP contribution in [0.2, 0.25) is 0 Å². The Kier molecular flexibility index (Phi) is 5.20. The van der Waals surface area contributed by atoms with Gasteiger partial charge in [-0.3, -0.25) is 0 Å². The van der Waals surface area contributed by atoms with E-state index in [2.05, 4.69) is 20.8 Å². The smallest absolute Gasteiger partial charge is 0.347 e. The molecule has 18 heavy (non-hydrogen) atoms. The molecule has 1 aromatic carbocycles. The van der Waals surface area contributed by atoms with Gasteiger partial charge in [-0.15, -0.1) is 0 Å². The van der Waals surface area contributed by atoms with Crippen LogP contribution in [-0.4, -0.2) is 18.7 Å². The number of hydrogen-bond acceptors (Lipinski definition) is 3. The van der Waals surface area contributed by atoms with Crippen molar-refractivity contribution in [3.8, 4) is 5.75 Å². The van der Waals surface area contributed by atoms with E-state index in [4.69, 9.17) is 9.47 Å². The second-order valence-electron chi connectivity index (χ2n) is 4.69. The molecular weight excluding hydrogens is 228 g/mol. The van der Waals surface area contributed by atoms with Gasteiger partial charge in [-0.05, 0) is 49.9 Å². The fourth-order valence-electron chi connectivity index (χ4n) is 1.88. The second kappa shape index (κ2) is 6.43. The zero-order valence-electron chi connectivity index (χ0n) is 11.8. The first-order valence-electron chi connectivity index (χ1n) is 6.39. The number of aryl methyl sites for hydroxylation is 1. The Morgan fingerprint density at radius 1 is 1.28 bits per heavy atom. The highest BCUT2D eigenvalue weighted by Gasteiger charge is 2.16. The van der Waals surface area contributed by atoms with Crippen LogP contribution in [0.5, 0.6) is 5.75 Å². The predicted octanol–water partition coefficient (Wildman–Crippen LogP) is 3.45. The van der Waals surface area contributed by atoms with Crippen LogP contribution < -0.4 is 4.74 Å². The molecule has 0 heterocycles. The molecule has 100 valence electrons. The van der Waals surface area contributed by atoms with Crippen molar-refractivity contribution in [3.63, 3.8) is 0 Å². The zero-order valence-corrected chi connectivity index (χ0v) is 11.8. The Morgan fingerprint density at radius 3 is 2.44 bits per heavy atom. The van der Waals surface area contributed by atoms with Gasteiger partial charge in [0.25, 0.3) is 0 Å². The van der Waals surface area contributed by atoms with Gasteiger partial charge < -0.3 is 9.47 Å². The molecular formula is C15H22O3. The maximum Gasteiger partial charge on any atom is 0.347 e. The van der Waals surface area contributed by atoms with E-state index < -0.39 is 6.10 Å². The molecule has 0 saturated heterocycles. The van der Waals surface area contributed by atoms with E-state index in [1.807, 2.05) is 18.2 Å². The maximum atomic E-state index is 11.5. The number of carbonyl (C=O) groups is 1. The minimum Gasteiger partial charge on any atom is -0.479 e. The van der Waals surface area contributed by atoms with Crippen molar-refractivity contribution >= 4 is 5.97 Å². The molecule has 3 heteroatoms. The molecule has 1 unspecified atom stereocenters. The summed E-state index contributed by atoms with van der Waals surface area (Å²) in [5.74, 6) is 0.863. The van der Waals surface area contributed by atoms with E-state index in [1.165, 1.54) is 11.1 Å². The van der Waals surface area contributed by atoms with Crippen molar-refractivity contribution in [2.45, 2.75) is 46.6 Å². The van der Waals surface area contributed by atoms with Crippen LogP contribution in [0, 0.1) is 6.92 Å². The topological polar surface area (TPSA) is 35.5 Å². The van der Waals surface area contributed by atoms with Gasteiger partial charge in [0.2, 0.25) is 0 Å². The lowest BCUT2D eigenvalue weighted by molar-refractivity contribution is -0.150. The molecule has 0 N–H and O–H groups in total. The van der Waals surface area contributed by atoms with E-state index >= 15 is 0 Å². The van der Waals surface area contributed by atoms with Gasteiger partial charge in [0.15, 0.2) is 6.10 Å². The van der Waals surface area contributed by atoms with Gasteiger partial charge in [0, 0.05) is 0 Å². The SMILES string of the molecule is CCOC(=O)C(C)Oc1ccc(C(C)C)c(C)c1. The minimum atomic E-state index is -0.575. The largest absolute Gasteiger partial charge is 0.479 e. The van der Waals surface area contributed by atoms with E-state index in [0.29, 0.717) is 18.3 Å². The van der Waals surface area contributed by atoms with Crippen molar-refractivity contribution in [1.82, 2.24) is 0 Å². The van der Waals surface area contributed by atoms with Crippen LogP contribution in [-0.2, 0) is 9.53 Å². The van der Waals surface area contributed by atoms with Gasteiger partial charge in [-0.25, -0.2) is 4.79 Å². The first kappa shape index (κ1) is 14.6. The van der Waals surface area contributed by atoms with Crippen molar-refractivity contribution in [2.75, 3.05) is 6.61 Å². The van der Waals surface area contributed by atoms with Gasteiger partial charge >= 0.3 is 5.97 Å². The van der Waals surface area contributed by atoms with Crippen molar-refractivity contribution in [1.29, 1.82) is 0 Å². The molecule has 0 aliphatic rings. The van der Waals surface area contributed by atoms with Crippen LogP contribution in [0.4, 0.5) is 0 Å². The third kappa shape index (κ3) is 3.76. The van der Waals surface area contributed by atoms with Gasteiger partial charge in [-0.2, -0.15) is 0 Å². The summed E-state index contributed by atoms with van der Waals surface area (Å²) >= 11 is 0. The third-order valence-corrected chi connectivity index (χ3v) is 2.79. The fourth-order valence-corrected chi connectivity index (χ4v) is 1.88. The van der Waals surface area contributed by atoms with Crippen LogP contribution in [0.3, 0.4) is 0 Å². The Balaban J connectivity index is 2.74. The Morgan fingerprint density at radius 2 is 1.94 bits per heavy atom. The third-order valence-electron chi connectivity index (χ3n) is 2.79. The standard InChI is InChI=1S/C15H22O3/c1-6-17-15(16)12(5)18-13-7-8-14(10(2)3)11(4)9-13/h7-10,12H,6H2,1-5H3. The molecule has 0 aliphatic heterocycles. The summed E-state index contributed by atoms with van der Waals surface area (Å²) in [5.41, 5.74) is 2.48. The highest BCUT2D eigenvalue weighted by Crippen LogP contribution is 2.24. The summed E-state index contributed by atoms with van der Waals surface area (Å²) in [4.78, 5) is 11.5. The molecule has 0 bridgehead atoms. The van der Waals surface area contributed by atoms with E-state index in [9.17, 15) is 4.79 Å². The number of carbonyl (C=O) groups excluding carboxylic acids is 1. The summed E-state index contributed by atoms with van der Waals surface area (Å²) in [6.45, 7) is 10.2. The molecule has 0 spiro atoms. The van der Waals surface area contributed by atoms with Crippen molar-refractivity contribution in [2.24, 2.45) is 0 Å². The highest BCUT2D eigenvalue weighted by atomic mass is 16.6. The van der Waals surface area contributed by atoms with Crippen LogP contribution in [0.1, 0.15) is 44.7 Å².